The number of hydrogen-bond donors (Lipinski definition) is 1. The molecule has 0 aliphatic rings. The first-order valence-electron chi connectivity index (χ1n) is 5.82. The number of nitrogens with two attached hydrogens (primary N) is 1. The molecule has 0 radical (unpaired) electrons. The molecule has 0 bridgehead atoms. The molecule has 0 aliphatic heterocycles. The van der Waals surface area contributed by atoms with Crippen molar-refractivity contribution < 1.29 is 0 Å². The predicted molar refractivity (Wildman–Crippen MR) is 75.1 cm³/mol. The van der Waals surface area contributed by atoms with Gasteiger partial charge in [-0.1, -0.05) is 35.9 Å². The summed E-state index contributed by atoms with van der Waals surface area (Å²) in [6.07, 6.45) is 0. The van der Waals surface area contributed by atoms with Crippen LogP contribution in [0.15, 0.2) is 24.3 Å². The molecular weight excluding hydrogens is 262 g/mol. The van der Waals surface area contributed by atoms with E-state index in [2.05, 4.69) is 15.1 Å². The predicted octanol–water partition coefficient (Wildman–Crippen LogP) is 2.64. The highest BCUT2D eigenvalue weighted by atomic mass is 35.5. The third-order valence-electron chi connectivity index (χ3n) is 2.95. The molecule has 19 heavy (non-hydrogen) atoms. The van der Waals surface area contributed by atoms with Crippen LogP contribution in [0, 0.1) is 13.8 Å². The van der Waals surface area contributed by atoms with Crippen LogP contribution >= 0.6 is 11.6 Å². The Balaban J connectivity index is 2.42. The summed E-state index contributed by atoms with van der Waals surface area (Å²) in [5.41, 5.74) is 9.24. The largest absolute Gasteiger partial charge is 0.381 e. The van der Waals surface area contributed by atoms with Crippen molar-refractivity contribution in [2.75, 3.05) is 5.73 Å². The van der Waals surface area contributed by atoms with Crippen LogP contribution in [-0.4, -0.2) is 19.6 Å². The highest BCUT2D eigenvalue weighted by Gasteiger charge is 2.16. The SMILES string of the molecule is Cc1nc2c(-c3ccccc3C)nc(N)c(Cl)n2n1. The summed E-state index contributed by atoms with van der Waals surface area (Å²) in [5, 5.41) is 4.53. The zero-order chi connectivity index (χ0) is 13.6. The molecule has 0 unspecified atom stereocenters. The Hall–Kier alpha value is -2.14. The summed E-state index contributed by atoms with van der Waals surface area (Å²) >= 11 is 6.11. The van der Waals surface area contributed by atoms with Gasteiger partial charge in [-0.05, 0) is 19.4 Å². The van der Waals surface area contributed by atoms with Gasteiger partial charge in [0, 0.05) is 5.56 Å². The molecule has 96 valence electrons. The number of benzene rings is 1. The third kappa shape index (κ3) is 1.82. The van der Waals surface area contributed by atoms with E-state index in [-0.39, 0.29) is 11.0 Å². The van der Waals surface area contributed by atoms with Crippen LogP contribution < -0.4 is 5.73 Å². The molecule has 0 saturated heterocycles. The number of nitrogens with zero attached hydrogens (tertiary/aromatic N) is 4. The molecule has 6 heteroatoms. The lowest BCUT2D eigenvalue weighted by Gasteiger charge is -2.08. The molecule has 0 amide bonds. The lowest BCUT2D eigenvalue weighted by Crippen LogP contribution is -2.02. The number of aryl methyl sites for hydroxylation is 2. The number of hydrogen-bond acceptors (Lipinski definition) is 4. The van der Waals surface area contributed by atoms with Crippen LogP contribution in [0.5, 0.6) is 0 Å². The molecule has 2 aromatic heterocycles. The van der Waals surface area contributed by atoms with Crippen molar-refractivity contribution in [1.82, 2.24) is 19.6 Å². The fourth-order valence-corrected chi connectivity index (χ4v) is 2.21. The van der Waals surface area contributed by atoms with E-state index in [9.17, 15) is 0 Å². The molecule has 2 N–H and O–H groups in total. The van der Waals surface area contributed by atoms with Gasteiger partial charge in [0.05, 0.1) is 0 Å². The lowest BCUT2D eigenvalue weighted by atomic mass is 10.1. The van der Waals surface area contributed by atoms with Gasteiger partial charge in [0.2, 0.25) is 0 Å². The lowest BCUT2D eigenvalue weighted by molar-refractivity contribution is 0.925. The summed E-state index contributed by atoms with van der Waals surface area (Å²) in [4.78, 5) is 8.75. The molecule has 2 heterocycles. The number of halogens is 1. The van der Waals surface area contributed by atoms with Gasteiger partial charge < -0.3 is 5.73 Å². The van der Waals surface area contributed by atoms with Gasteiger partial charge in [-0.25, -0.2) is 9.97 Å². The van der Waals surface area contributed by atoms with Gasteiger partial charge in [0.25, 0.3) is 0 Å². The van der Waals surface area contributed by atoms with E-state index in [1.807, 2.05) is 31.2 Å². The quantitative estimate of drug-likeness (QED) is 0.740. The van der Waals surface area contributed by atoms with Crippen molar-refractivity contribution in [1.29, 1.82) is 0 Å². The van der Waals surface area contributed by atoms with Gasteiger partial charge in [0.1, 0.15) is 11.5 Å². The van der Waals surface area contributed by atoms with E-state index in [0.29, 0.717) is 17.2 Å². The Bertz CT molecular complexity index is 778. The maximum Gasteiger partial charge on any atom is 0.183 e. The first-order chi connectivity index (χ1) is 9.08. The van der Waals surface area contributed by atoms with E-state index >= 15 is 0 Å². The van der Waals surface area contributed by atoms with E-state index in [0.717, 1.165) is 11.1 Å². The first-order valence-corrected chi connectivity index (χ1v) is 6.20. The van der Waals surface area contributed by atoms with Crippen molar-refractivity contribution in [3.8, 4) is 11.3 Å². The molecule has 3 rings (SSSR count). The monoisotopic (exact) mass is 273 g/mol. The van der Waals surface area contributed by atoms with Crippen LogP contribution in [-0.2, 0) is 0 Å². The van der Waals surface area contributed by atoms with Gasteiger partial charge >= 0.3 is 0 Å². The second kappa shape index (κ2) is 4.20. The summed E-state index contributed by atoms with van der Waals surface area (Å²) in [6.45, 7) is 3.82. The van der Waals surface area contributed by atoms with Crippen molar-refractivity contribution in [3.63, 3.8) is 0 Å². The average Bonchev–Trinajstić information content (AvgIpc) is 2.77. The number of anilines is 1. The molecule has 0 atom stereocenters. The highest BCUT2D eigenvalue weighted by molar-refractivity contribution is 6.32. The van der Waals surface area contributed by atoms with Gasteiger partial charge in [-0.2, -0.15) is 4.52 Å². The number of fused-ring (bicyclic) bond motifs is 1. The highest BCUT2D eigenvalue weighted by Crippen LogP contribution is 2.29. The molecule has 0 fully saturated rings. The fourth-order valence-electron chi connectivity index (χ4n) is 2.05. The standard InChI is InChI=1S/C13H12ClN5/c1-7-5-3-4-6-9(7)10-13-16-8(2)18-19(13)11(14)12(15)17-10/h3-6H,15H2,1-2H3. The van der Waals surface area contributed by atoms with Crippen LogP contribution in [0.25, 0.3) is 16.9 Å². The van der Waals surface area contributed by atoms with E-state index < -0.39 is 0 Å². The molecule has 0 aliphatic carbocycles. The Labute approximate surface area is 115 Å². The minimum atomic E-state index is 0.248. The Morgan fingerprint density at radius 3 is 2.63 bits per heavy atom. The van der Waals surface area contributed by atoms with Gasteiger partial charge in [0.15, 0.2) is 16.6 Å². The minimum absolute atomic E-state index is 0.248. The third-order valence-corrected chi connectivity index (χ3v) is 3.31. The van der Waals surface area contributed by atoms with Crippen LogP contribution in [0.2, 0.25) is 5.15 Å². The van der Waals surface area contributed by atoms with Crippen LogP contribution in [0.4, 0.5) is 5.82 Å². The average molecular weight is 274 g/mol. The molecular formula is C13H12ClN5. The molecule has 1 aromatic carbocycles. The minimum Gasteiger partial charge on any atom is -0.381 e. The number of nitrogen functional groups attached to an aromatic ring is 1. The smallest absolute Gasteiger partial charge is 0.183 e. The maximum absolute atomic E-state index is 6.11. The summed E-state index contributed by atoms with van der Waals surface area (Å²) < 4.78 is 1.53. The van der Waals surface area contributed by atoms with Crippen molar-refractivity contribution in [2.45, 2.75) is 13.8 Å². The maximum atomic E-state index is 6.11. The van der Waals surface area contributed by atoms with Gasteiger partial charge in [-0.3, -0.25) is 0 Å². The van der Waals surface area contributed by atoms with E-state index in [4.69, 9.17) is 17.3 Å². The molecule has 5 nitrogen and oxygen atoms in total. The number of rotatable bonds is 1. The molecule has 0 spiro atoms. The van der Waals surface area contributed by atoms with E-state index in [1.54, 1.807) is 6.92 Å². The Kier molecular flexibility index (Phi) is 2.64. The summed E-state index contributed by atoms with van der Waals surface area (Å²) in [7, 11) is 0. The van der Waals surface area contributed by atoms with Gasteiger partial charge in [-0.15, -0.1) is 5.10 Å². The Morgan fingerprint density at radius 2 is 1.89 bits per heavy atom. The van der Waals surface area contributed by atoms with Crippen molar-refractivity contribution >= 4 is 23.1 Å². The van der Waals surface area contributed by atoms with Crippen LogP contribution in [0.3, 0.4) is 0 Å². The van der Waals surface area contributed by atoms with Crippen molar-refractivity contribution in [3.05, 3.63) is 40.8 Å². The first kappa shape index (κ1) is 11.9. The van der Waals surface area contributed by atoms with E-state index in [1.165, 1.54) is 4.52 Å². The topological polar surface area (TPSA) is 69.1 Å². The fraction of sp³-hybridized carbons (Fsp3) is 0.154. The summed E-state index contributed by atoms with van der Waals surface area (Å²) in [5.74, 6) is 0.876. The van der Waals surface area contributed by atoms with Crippen LogP contribution in [0.1, 0.15) is 11.4 Å². The summed E-state index contributed by atoms with van der Waals surface area (Å²) in [6, 6.07) is 7.93. The normalized spacial score (nSPS) is 11.1. The number of aromatic nitrogens is 4. The zero-order valence-corrected chi connectivity index (χ0v) is 11.3. The molecule has 3 aromatic rings. The second-order valence-corrected chi connectivity index (χ2v) is 4.70. The molecule has 0 saturated carbocycles. The second-order valence-electron chi connectivity index (χ2n) is 4.35. The zero-order valence-electron chi connectivity index (χ0n) is 10.6. The van der Waals surface area contributed by atoms with Crippen molar-refractivity contribution in [2.24, 2.45) is 0 Å². The Morgan fingerprint density at radius 1 is 1.16 bits per heavy atom.